The molecule has 5 heteroatoms. The van der Waals surface area contributed by atoms with Gasteiger partial charge in [-0.05, 0) is 81.3 Å². The fourth-order valence-electron chi connectivity index (χ4n) is 9.03. The lowest BCUT2D eigenvalue weighted by molar-refractivity contribution is 0.668. The third-order valence-corrected chi connectivity index (χ3v) is 11.7. The van der Waals surface area contributed by atoms with E-state index in [1.807, 2.05) is 42.5 Å². The first kappa shape index (κ1) is 32.6. The van der Waals surface area contributed by atoms with E-state index in [0.29, 0.717) is 17.5 Å². The first-order chi connectivity index (χ1) is 28.7. The predicted molar refractivity (Wildman–Crippen MR) is 235 cm³/mol. The van der Waals surface area contributed by atoms with Gasteiger partial charge in [0.25, 0.3) is 0 Å². The molecular weight excluding hydrogens is 711 g/mol. The molecule has 1 aliphatic rings. The highest BCUT2D eigenvalue weighted by atomic mass is 16.3. The molecule has 12 rings (SSSR count). The highest BCUT2D eigenvalue weighted by Crippen LogP contribution is 2.43. The Hall–Kier alpha value is -7.63. The minimum atomic E-state index is 0.606. The number of aromatic nitrogens is 3. The Morgan fingerprint density at radius 3 is 1.66 bits per heavy atom. The number of rotatable bonds is 5. The van der Waals surface area contributed by atoms with Gasteiger partial charge in [-0.25, -0.2) is 15.0 Å². The van der Waals surface area contributed by atoms with Crippen molar-refractivity contribution in [3.8, 4) is 45.0 Å². The van der Waals surface area contributed by atoms with Crippen molar-refractivity contribution in [1.29, 1.82) is 0 Å². The van der Waals surface area contributed by atoms with E-state index in [4.69, 9.17) is 23.8 Å². The van der Waals surface area contributed by atoms with Gasteiger partial charge >= 0.3 is 0 Å². The molecule has 0 N–H and O–H groups in total. The Balaban J connectivity index is 1.04. The molecule has 0 aliphatic heterocycles. The van der Waals surface area contributed by atoms with Gasteiger partial charge in [0.05, 0.1) is 0 Å². The second-order valence-corrected chi connectivity index (χ2v) is 15.0. The molecule has 0 spiro atoms. The summed E-state index contributed by atoms with van der Waals surface area (Å²) >= 11 is 0. The van der Waals surface area contributed by atoms with Crippen LogP contribution in [0.4, 0.5) is 0 Å². The van der Waals surface area contributed by atoms with E-state index in [2.05, 4.69) is 133 Å². The van der Waals surface area contributed by atoms with Crippen LogP contribution in [-0.4, -0.2) is 15.0 Å². The Kier molecular flexibility index (Phi) is 7.29. The zero-order valence-electron chi connectivity index (χ0n) is 31.3. The topological polar surface area (TPSA) is 65.0 Å². The van der Waals surface area contributed by atoms with Gasteiger partial charge in [-0.15, -0.1) is 0 Å². The zero-order chi connectivity index (χ0) is 38.2. The van der Waals surface area contributed by atoms with E-state index < -0.39 is 0 Å². The largest absolute Gasteiger partial charge is 0.456 e. The van der Waals surface area contributed by atoms with Crippen LogP contribution in [-0.2, 0) is 6.42 Å². The second kappa shape index (κ2) is 13.0. The maximum Gasteiger partial charge on any atom is 0.164 e. The first-order valence-corrected chi connectivity index (χ1v) is 19.7. The van der Waals surface area contributed by atoms with E-state index in [1.165, 1.54) is 33.0 Å². The average Bonchev–Trinajstić information content (AvgIpc) is 3.87. The molecule has 0 fully saturated rings. The van der Waals surface area contributed by atoms with Gasteiger partial charge in [-0.3, -0.25) is 0 Å². The fraction of sp³-hybridized carbons (Fsp3) is 0.0377. The molecule has 0 saturated carbocycles. The Morgan fingerprint density at radius 2 is 0.879 bits per heavy atom. The third-order valence-electron chi connectivity index (χ3n) is 11.7. The summed E-state index contributed by atoms with van der Waals surface area (Å²) in [5.41, 5.74) is 13.4. The van der Waals surface area contributed by atoms with Crippen molar-refractivity contribution in [2.75, 3.05) is 0 Å². The molecule has 1 aliphatic carbocycles. The molecule has 8 aromatic carbocycles. The number of fused-ring (bicyclic) bond motifs is 8. The van der Waals surface area contributed by atoms with Crippen molar-refractivity contribution in [1.82, 2.24) is 15.0 Å². The molecule has 0 amide bonds. The standard InChI is InChI=1S/C53H33N3O2/c1-2-14-35-32(12-1)13-7-17-36(35)33-28-30-34(31-29-33)51-54-52(56-53(55-51)44-23-11-27-48-50(44)43-16-4-6-25-46(43)58-48)41-22-9-18-37-38(19-8-20-39(37)41)40-21-10-26-47-49(40)42-15-3-5-24-45(42)57-47/h1-8,10-17,19-31H,9,18H2. The average molecular weight is 744 g/mol. The highest BCUT2D eigenvalue weighted by Gasteiger charge is 2.24. The SMILES string of the molecule is C1=C(c2nc(-c3ccc(-c4cccc5ccccc45)cc3)nc(-c3cccc4oc5ccccc5c34)n2)c2cccc(-c3cccc4oc5ccccc5c34)c2CC1. The summed E-state index contributed by atoms with van der Waals surface area (Å²) in [5.74, 6) is 1.87. The summed E-state index contributed by atoms with van der Waals surface area (Å²) in [5, 5.41) is 6.73. The van der Waals surface area contributed by atoms with Gasteiger partial charge in [-0.2, -0.15) is 0 Å². The van der Waals surface area contributed by atoms with Crippen molar-refractivity contribution >= 4 is 60.2 Å². The Bertz CT molecular complexity index is 3460. The summed E-state index contributed by atoms with van der Waals surface area (Å²) in [6.07, 6.45) is 4.06. The van der Waals surface area contributed by atoms with Crippen molar-refractivity contribution in [2.45, 2.75) is 12.8 Å². The lowest BCUT2D eigenvalue weighted by Crippen LogP contribution is -2.08. The fourth-order valence-corrected chi connectivity index (χ4v) is 9.03. The number of para-hydroxylation sites is 2. The van der Waals surface area contributed by atoms with Crippen molar-refractivity contribution in [2.24, 2.45) is 0 Å². The van der Waals surface area contributed by atoms with Gasteiger partial charge in [0.1, 0.15) is 22.3 Å². The first-order valence-electron chi connectivity index (χ1n) is 19.7. The maximum absolute atomic E-state index is 6.33. The van der Waals surface area contributed by atoms with Crippen LogP contribution in [0.5, 0.6) is 0 Å². The molecule has 0 radical (unpaired) electrons. The summed E-state index contributed by atoms with van der Waals surface area (Å²) in [7, 11) is 0. The van der Waals surface area contributed by atoms with Crippen LogP contribution in [0, 0.1) is 0 Å². The molecule has 58 heavy (non-hydrogen) atoms. The minimum Gasteiger partial charge on any atom is -0.456 e. The molecule has 0 atom stereocenters. The van der Waals surface area contributed by atoms with Crippen LogP contribution in [0.3, 0.4) is 0 Å². The number of hydrogen-bond donors (Lipinski definition) is 0. The van der Waals surface area contributed by atoms with E-state index >= 15 is 0 Å². The molecule has 272 valence electrons. The molecule has 11 aromatic rings. The zero-order valence-corrected chi connectivity index (χ0v) is 31.3. The van der Waals surface area contributed by atoms with Crippen LogP contribution < -0.4 is 0 Å². The Labute approximate surface area is 333 Å². The van der Waals surface area contributed by atoms with Gasteiger partial charge in [0.15, 0.2) is 17.5 Å². The lowest BCUT2D eigenvalue weighted by Gasteiger charge is -2.21. The molecule has 0 saturated heterocycles. The van der Waals surface area contributed by atoms with E-state index in [1.54, 1.807) is 0 Å². The van der Waals surface area contributed by atoms with Crippen LogP contribution in [0.1, 0.15) is 23.4 Å². The van der Waals surface area contributed by atoms with Crippen LogP contribution in [0.15, 0.2) is 185 Å². The number of hydrogen-bond acceptors (Lipinski definition) is 5. The number of benzene rings is 8. The molecule has 0 bridgehead atoms. The van der Waals surface area contributed by atoms with Crippen LogP contribution in [0.25, 0.3) is 105 Å². The minimum absolute atomic E-state index is 0.606. The number of allylic oxidation sites excluding steroid dienone is 1. The monoisotopic (exact) mass is 743 g/mol. The van der Waals surface area contributed by atoms with Crippen molar-refractivity contribution in [3.63, 3.8) is 0 Å². The normalized spacial score (nSPS) is 12.8. The Morgan fingerprint density at radius 1 is 0.362 bits per heavy atom. The number of nitrogens with zero attached hydrogens (tertiary/aromatic N) is 3. The van der Waals surface area contributed by atoms with Gasteiger partial charge in [0.2, 0.25) is 0 Å². The molecular formula is C53H33N3O2. The summed E-state index contributed by atoms with van der Waals surface area (Å²) in [6, 6.07) is 59.1. The van der Waals surface area contributed by atoms with Crippen molar-refractivity contribution in [3.05, 3.63) is 193 Å². The van der Waals surface area contributed by atoms with Gasteiger partial charge in [0, 0.05) is 38.2 Å². The highest BCUT2D eigenvalue weighted by molar-refractivity contribution is 6.13. The second-order valence-electron chi connectivity index (χ2n) is 15.0. The predicted octanol–water partition coefficient (Wildman–Crippen LogP) is 13.9. The van der Waals surface area contributed by atoms with E-state index in [0.717, 1.165) is 84.5 Å². The van der Waals surface area contributed by atoms with E-state index in [-0.39, 0.29) is 0 Å². The van der Waals surface area contributed by atoms with Gasteiger partial charge < -0.3 is 8.83 Å². The summed E-state index contributed by atoms with van der Waals surface area (Å²) in [4.78, 5) is 15.8. The summed E-state index contributed by atoms with van der Waals surface area (Å²) < 4.78 is 12.6. The van der Waals surface area contributed by atoms with Gasteiger partial charge in [-0.1, -0.05) is 152 Å². The van der Waals surface area contributed by atoms with Crippen LogP contribution >= 0.6 is 0 Å². The maximum atomic E-state index is 6.33. The summed E-state index contributed by atoms with van der Waals surface area (Å²) in [6.45, 7) is 0. The van der Waals surface area contributed by atoms with Crippen LogP contribution in [0.2, 0.25) is 0 Å². The molecule has 3 heterocycles. The lowest BCUT2D eigenvalue weighted by atomic mass is 9.84. The smallest absolute Gasteiger partial charge is 0.164 e. The molecule has 0 unspecified atom stereocenters. The van der Waals surface area contributed by atoms with Crippen molar-refractivity contribution < 1.29 is 8.83 Å². The molecule has 5 nitrogen and oxygen atoms in total. The van der Waals surface area contributed by atoms with E-state index in [9.17, 15) is 0 Å². The number of furan rings is 2. The quantitative estimate of drug-likeness (QED) is 0.176. The molecule has 3 aromatic heterocycles. The third kappa shape index (κ3) is 5.14.